The maximum Gasteiger partial charge on any atom is 0.472 e. The van der Waals surface area contributed by atoms with Gasteiger partial charge in [0.05, 0.1) is 26.4 Å². The Kier molecular flexibility index (Phi) is 60.7. The number of rotatable bonds is 68. The molecule has 0 saturated carbocycles. The molecule has 0 saturated heterocycles. The number of phosphoric acid groups is 2. The molecular formula is C72H136O17P2. The van der Waals surface area contributed by atoms with E-state index < -0.39 is 97.5 Å². The van der Waals surface area contributed by atoms with Crippen LogP contribution in [0.2, 0.25) is 0 Å². The van der Waals surface area contributed by atoms with Crippen molar-refractivity contribution in [2.45, 2.75) is 356 Å². The Balaban J connectivity index is 5.30. The molecule has 0 aromatic carbocycles. The summed E-state index contributed by atoms with van der Waals surface area (Å²) in [5.74, 6) is 0.0710. The predicted molar refractivity (Wildman–Crippen MR) is 367 cm³/mol. The summed E-state index contributed by atoms with van der Waals surface area (Å²) in [7, 11) is -9.92. The minimum absolute atomic E-state index is 0.0990. The van der Waals surface area contributed by atoms with E-state index in [1.54, 1.807) is 0 Å². The van der Waals surface area contributed by atoms with Crippen LogP contribution in [0.25, 0.3) is 0 Å². The van der Waals surface area contributed by atoms with Crippen molar-refractivity contribution in [1.29, 1.82) is 0 Å². The summed E-state index contributed by atoms with van der Waals surface area (Å²) in [6.07, 6.45) is 49.4. The Morgan fingerprint density at radius 1 is 0.363 bits per heavy atom. The number of aliphatic hydroxyl groups excluding tert-OH is 1. The van der Waals surface area contributed by atoms with E-state index in [2.05, 4.69) is 72.8 Å². The number of unbranched alkanes of at least 4 members (excludes halogenated alkanes) is 32. The maximum atomic E-state index is 13.0. The highest BCUT2D eigenvalue weighted by atomic mass is 31.2. The predicted octanol–water partition coefficient (Wildman–Crippen LogP) is 20.2. The second-order valence-corrected chi connectivity index (χ2v) is 29.4. The van der Waals surface area contributed by atoms with Crippen molar-refractivity contribution in [3.05, 3.63) is 24.3 Å². The first kappa shape index (κ1) is 88.5. The quantitative estimate of drug-likeness (QED) is 0.0169. The monoisotopic (exact) mass is 1330 g/mol. The highest BCUT2D eigenvalue weighted by molar-refractivity contribution is 7.47. The summed E-state index contributed by atoms with van der Waals surface area (Å²) in [6, 6.07) is 0. The topological polar surface area (TPSA) is 237 Å². The number of ether oxygens (including phenoxy) is 4. The molecule has 17 nitrogen and oxygen atoms in total. The van der Waals surface area contributed by atoms with Crippen LogP contribution >= 0.6 is 15.6 Å². The minimum atomic E-state index is -4.96. The van der Waals surface area contributed by atoms with E-state index in [1.807, 2.05) is 0 Å². The van der Waals surface area contributed by atoms with Gasteiger partial charge in [0.1, 0.15) is 19.3 Å². The van der Waals surface area contributed by atoms with Crippen molar-refractivity contribution in [3.8, 4) is 0 Å². The van der Waals surface area contributed by atoms with Crippen LogP contribution in [-0.4, -0.2) is 96.7 Å². The molecule has 0 heterocycles. The zero-order chi connectivity index (χ0) is 67.3. The van der Waals surface area contributed by atoms with Gasteiger partial charge in [0.25, 0.3) is 0 Å². The highest BCUT2D eigenvalue weighted by Gasteiger charge is 2.30. The molecule has 0 aliphatic rings. The smallest absolute Gasteiger partial charge is 0.462 e. The number of hydrogen-bond donors (Lipinski definition) is 3. The second kappa shape index (κ2) is 62.4. The van der Waals surface area contributed by atoms with Crippen LogP contribution in [0, 0.1) is 17.8 Å². The normalized spacial score (nSPS) is 14.6. The lowest BCUT2D eigenvalue weighted by molar-refractivity contribution is -0.161. The summed E-state index contributed by atoms with van der Waals surface area (Å²) in [5.41, 5.74) is 0. The minimum Gasteiger partial charge on any atom is -0.462 e. The molecule has 0 aromatic heterocycles. The number of carbonyl (C=O) groups excluding carboxylic acids is 4. The average Bonchev–Trinajstić information content (AvgIpc) is 3.68. The summed E-state index contributed by atoms with van der Waals surface area (Å²) in [5, 5.41) is 10.6. The zero-order valence-corrected chi connectivity index (χ0v) is 60.6. The molecule has 0 aromatic rings. The van der Waals surface area contributed by atoms with Gasteiger partial charge in [-0.1, -0.05) is 285 Å². The summed E-state index contributed by atoms with van der Waals surface area (Å²) in [6.45, 7) is 11.7. The van der Waals surface area contributed by atoms with Crippen LogP contribution in [0.3, 0.4) is 0 Å². The van der Waals surface area contributed by atoms with Gasteiger partial charge >= 0.3 is 39.5 Å². The van der Waals surface area contributed by atoms with Crippen molar-refractivity contribution in [3.63, 3.8) is 0 Å². The van der Waals surface area contributed by atoms with Crippen LogP contribution in [0.4, 0.5) is 0 Å². The van der Waals surface area contributed by atoms with Gasteiger partial charge in [0.15, 0.2) is 12.2 Å². The molecule has 6 atom stereocenters. The third-order valence-corrected chi connectivity index (χ3v) is 18.3. The second-order valence-electron chi connectivity index (χ2n) is 26.5. The first-order valence-electron chi connectivity index (χ1n) is 36.7. The third-order valence-electron chi connectivity index (χ3n) is 16.4. The largest absolute Gasteiger partial charge is 0.472 e. The van der Waals surface area contributed by atoms with Crippen LogP contribution in [0.15, 0.2) is 24.3 Å². The summed E-state index contributed by atoms with van der Waals surface area (Å²) in [4.78, 5) is 72.6. The van der Waals surface area contributed by atoms with Crippen molar-refractivity contribution in [2.24, 2.45) is 17.8 Å². The fraction of sp³-hybridized carbons (Fsp3) is 0.889. The first-order valence-corrected chi connectivity index (χ1v) is 39.7. The number of carbonyl (C=O) groups is 4. The lowest BCUT2D eigenvalue weighted by atomic mass is 10.00. The Morgan fingerprint density at radius 3 is 0.978 bits per heavy atom. The van der Waals surface area contributed by atoms with Crippen molar-refractivity contribution in [2.75, 3.05) is 39.6 Å². The van der Waals surface area contributed by atoms with Crippen LogP contribution < -0.4 is 0 Å². The van der Waals surface area contributed by atoms with Crippen molar-refractivity contribution < 1.29 is 80.2 Å². The molecule has 91 heavy (non-hydrogen) atoms. The van der Waals surface area contributed by atoms with Gasteiger partial charge in [-0.05, 0) is 69.1 Å². The Labute approximate surface area is 554 Å². The molecular weight excluding hydrogens is 1200 g/mol. The number of aliphatic hydroxyl groups is 1. The molecule has 0 aliphatic heterocycles. The number of hydrogen-bond acceptors (Lipinski definition) is 15. The molecule has 0 spiro atoms. The standard InChI is InChI=1S/C72H136O17P2/c1-8-10-11-12-13-14-15-16-17-18-21-26-31-39-46-53-69(74)82-59-67(88-71(76)55-48-41-32-27-22-19-20-24-29-36-43-50-63(3)4)61-86-90(78,79)84-57-66(73)58-85-91(80,81)87-62-68(60-83-70(75)54-47-40-35-34-38-45-52-65(7)9-2)89-72(77)56-49-42-33-28-23-25-30-37-44-51-64(5)6/h14-17,63-68,73H,8-13,18-62H2,1-7H3,(H,78,79)(H,80,81)/b15-14-,17-16-/t65?,66-,67-,68-/m1/s1. The molecule has 0 rings (SSSR count). The van der Waals surface area contributed by atoms with Gasteiger partial charge in [0, 0.05) is 25.7 Å². The molecule has 0 amide bonds. The summed E-state index contributed by atoms with van der Waals surface area (Å²) < 4.78 is 68.3. The molecule has 0 fully saturated rings. The number of allylic oxidation sites excluding steroid dienone is 4. The molecule has 19 heteroatoms. The van der Waals surface area contributed by atoms with E-state index >= 15 is 0 Å². The SMILES string of the molecule is CCCCCC/C=C\C=C/CCCCCCCC(=O)OC[C@H](COP(=O)(O)OC[C@@H](O)COP(=O)(O)OC[C@@H](COC(=O)CCCCCCCCC(C)CC)OC(=O)CCCCCCCCCCCC(C)C)OC(=O)CCCCCCCCCCCCCC(C)C. The highest BCUT2D eigenvalue weighted by Crippen LogP contribution is 2.45. The van der Waals surface area contributed by atoms with Crippen molar-refractivity contribution >= 4 is 39.5 Å². The van der Waals surface area contributed by atoms with Gasteiger partial charge in [-0.3, -0.25) is 37.3 Å². The molecule has 0 bridgehead atoms. The Morgan fingerprint density at radius 2 is 0.648 bits per heavy atom. The first-order chi connectivity index (χ1) is 43.8. The third kappa shape index (κ3) is 64.6. The lowest BCUT2D eigenvalue weighted by Gasteiger charge is -2.21. The van der Waals surface area contributed by atoms with Gasteiger partial charge in [-0.15, -0.1) is 0 Å². The number of phosphoric ester groups is 2. The van der Waals surface area contributed by atoms with Crippen LogP contribution in [0.5, 0.6) is 0 Å². The van der Waals surface area contributed by atoms with Crippen molar-refractivity contribution in [1.82, 2.24) is 0 Å². The van der Waals surface area contributed by atoms with Crippen LogP contribution in [-0.2, 0) is 65.4 Å². The molecule has 3 N–H and O–H groups in total. The fourth-order valence-electron chi connectivity index (χ4n) is 10.3. The van der Waals surface area contributed by atoms with E-state index in [0.717, 1.165) is 133 Å². The van der Waals surface area contributed by atoms with Gasteiger partial charge in [-0.25, -0.2) is 9.13 Å². The Hall–Kier alpha value is -2.46. The zero-order valence-electron chi connectivity index (χ0n) is 58.8. The van der Waals surface area contributed by atoms with E-state index in [9.17, 15) is 43.2 Å². The fourth-order valence-corrected chi connectivity index (χ4v) is 11.9. The van der Waals surface area contributed by atoms with Gasteiger partial charge < -0.3 is 33.8 Å². The number of esters is 4. The molecule has 0 aliphatic carbocycles. The van der Waals surface area contributed by atoms with E-state index in [1.165, 1.54) is 122 Å². The molecule has 0 radical (unpaired) electrons. The molecule has 3 unspecified atom stereocenters. The summed E-state index contributed by atoms with van der Waals surface area (Å²) >= 11 is 0. The van der Waals surface area contributed by atoms with Crippen LogP contribution in [0.1, 0.15) is 337 Å². The molecule has 536 valence electrons. The lowest BCUT2D eigenvalue weighted by Crippen LogP contribution is -2.30. The van der Waals surface area contributed by atoms with E-state index in [-0.39, 0.29) is 25.7 Å². The van der Waals surface area contributed by atoms with Gasteiger partial charge in [-0.2, -0.15) is 0 Å². The average molecular weight is 1340 g/mol. The maximum absolute atomic E-state index is 13.0. The van der Waals surface area contributed by atoms with E-state index in [0.29, 0.717) is 25.7 Å². The van der Waals surface area contributed by atoms with E-state index in [4.69, 9.17) is 37.0 Å². The Bertz CT molecular complexity index is 1880. The van der Waals surface area contributed by atoms with Gasteiger partial charge in [0.2, 0.25) is 0 Å².